The fraction of sp³-hybridized carbons (Fsp3) is 0.143. The summed E-state index contributed by atoms with van der Waals surface area (Å²) in [5.41, 5.74) is 7.21. The lowest BCUT2D eigenvalue weighted by Gasteiger charge is -2.13. The molecule has 0 aliphatic rings. The number of hydrogen-bond donors (Lipinski definition) is 2. The van der Waals surface area contributed by atoms with Gasteiger partial charge in [0.15, 0.2) is 0 Å². The number of aryl methyl sites for hydroxylation is 1. The van der Waals surface area contributed by atoms with Gasteiger partial charge in [0.05, 0.1) is 5.56 Å². The molecule has 0 aliphatic heterocycles. The first-order valence-corrected chi connectivity index (χ1v) is 6.14. The molecule has 3 N–H and O–H groups in total. The van der Waals surface area contributed by atoms with Gasteiger partial charge in [-0.15, -0.1) is 0 Å². The van der Waals surface area contributed by atoms with Gasteiger partial charge in [-0.3, -0.25) is 0 Å². The summed E-state index contributed by atoms with van der Waals surface area (Å²) >= 11 is 5.73. The summed E-state index contributed by atoms with van der Waals surface area (Å²) in [6.45, 7) is 1.81. The topological polar surface area (TPSA) is 38.0 Å². The summed E-state index contributed by atoms with van der Waals surface area (Å²) in [5, 5.41) is 2.94. The summed E-state index contributed by atoms with van der Waals surface area (Å²) in [5.74, 6) is 0. The van der Waals surface area contributed by atoms with Crippen molar-refractivity contribution in [2.24, 2.45) is 0 Å². The summed E-state index contributed by atoms with van der Waals surface area (Å²) in [6.07, 6.45) is -4.43. The van der Waals surface area contributed by atoms with Crippen LogP contribution in [0.15, 0.2) is 36.4 Å². The molecule has 0 unspecified atom stereocenters. The number of hydrogen-bond acceptors (Lipinski definition) is 2. The van der Waals surface area contributed by atoms with Crippen LogP contribution in [0.5, 0.6) is 0 Å². The molecule has 0 aliphatic carbocycles. The third-order valence-electron chi connectivity index (χ3n) is 2.75. The van der Waals surface area contributed by atoms with E-state index < -0.39 is 11.7 Å². The molecule has 0 saturated heterocycles. The van der Waals surface area contributed by atoms with Gasteiger partial charge in [0.25, 0.3) is 0 Å². The summed E-state index contributed by atoms with van der Waals surface area (Å²) in [6, 6.07) is 8.46. The van der Waals surface area contributed by atoms with Gasteiger partial charge in [-0.2, -0.15) is 13.2 Å². The Balaban J connectivity index is 2.36. The summed E-state index contributed by atoms with van der Waals surface area (Å²) in [4.78, 5) is 0. The molecule has 106 valence electrons. The first kappa shape index (κ1) is 14.5. The maximum absolute atomic E-state index is 12.7. The van der Waals surface area contributed by atoms with Crippen molar-refractivity contribution in [2.75, 3.05) is 11.1 Å². The second kappa shape index (κ2) is 5.25. The molecule has 20 heavy (non-hydrogen) atoms. The predicted molar refractivity (Wildman–Crippen MR) is 75.3 cm³/mol. The lowest BCUT2D eigenvalue weighted by molar-refractivity contribution is -0.137. The standard InChI is InChI=1S/C14H12ClF3N2/c1-8-4-11(19)2-3-13(8)20-12-6-9(14(16,17)18)5-10(15)7-12/h2-7,20H,19H2,1H3. The molecule has 2 nitrogen and oxygen atoms in total. The van der Waals surface area contributed by atoms with E-state index in [1.807, 2.05) is 6.92 Å². The van der Waals surface area contributed by atoms with E-state index in [4.69, 9.17) is 17.3 Å². The lowest BCUT2D eigenvalue weighted by atomic mass is 10.1. The highest BCUT2D eigenvalue weighted by atomic mass is 35.5. The second-order valence-corrected chi connectivity index (χ2v) is 4.86. The lowest BCUT2D eigenvalue weighted by Crippen LogP contribution is -2.05. The highest BCUT2D eigenvalue weighted by Crippen LogP contribution is 2.34. The minimum Gasteiger partial charge on any atom is -0.399 e. The van der Waals surface area contributed by atoms with Crippen molar-refractivity contribution in [1.82, 2.24) is 0 Å². The molecular formula is C14H12ClF3N2. The van der Waals surface area contributed by atoms with Gasteiger partial charge < -0.3 is 11.1 Å². The van der Waals surface area contributed by atoms with Crippen molar-refractivity contribution < 1.29 is 13.2 Å². The minimum atomic E-state index is -4.43. The SMILES string of the molecule is Cc1cc(N)ccc1Nc1cc(Cl)cc(C(F)(F)F)c1. The highest BCUT2D eigenvalue weighted by molar-refractivity contribution is 6.31. The number of halogens is 4. The third kappa shape index (κ3) is 3.36. The molecule has 0 amide bonds. The second-order valence-electron chi connectivity index (χ2n) is 4.43. The Bertz CT molecular complexity index is 639. The molecule has 6 heteroatoms. The number of alkyl halides is 3. The van der Waals surface area contributed by atoms with Crippen LogP contribution >= 0.6 is 11.6 Å². The number of rotatable bonds is 2. The van der Waals surface area contributed by atoms with E-state index in [1.54, 1.807) is 18.2 Å². The van der Waals surface area contributed by atoms with E-state index in [0.29, 0.717) is 11.4 Å². The van der Waals surface area contributed by atoms with Crippen LogP contribution in [0.3, 0.4) is 0 Å². The van der Waals surface area contributed by atoms with E-state index in [9.17, 15) is 13.2 Å². The van der Waals surface area contributed by atoms with Crippen LogP contribution in [0.4, 0.5) is 30.2 Å². The zero-order chi connectivity index (χ0) is 14.9. The Morgan fingerprint density at radius 2 is 1.80 bits per heavy atom. The Hall–Kier alpha value is -1.88. The van der Waals surface area contributed by atoms with Crippen LogP contribution in [0.25, 0.3) is 0 Å². The van der Waals surface area contributed by atoms with Gasteiger partial charge in [0, 0.05) is 22.1 Å². The van der Waals surface area contributed by atoms with Gasteiger partial charge in [-0.05, 0) is 48.9 Å². The molecule has 0 saturated carbocycles. The van der Waals surface area contributed by atoms with Gasteiger partial charge in [-0.1, -0.05) is 11.6 Å². The Morgan fingerprint density at radius 3 is 2.40 bits per heavy atom. The van der Waals surface area contributed by atoms with Crippen molar-refractivity contribution in [3.8, 4) is 0 Å². The quantitative estimate of drug-likeness (QED) is 0.767. The largest absolute Gasteiger partial charge is 0.416 e. The first-order chi connectivity index (χ1) is 9.25. The smallest absolute Gasteiger partial charge is 0.399 e. The molecule has 2 rings (SSSR count). The van der Waals surface area contributed by atoms with Crippen LogP contribution < -0.4 is 11.1 Å². The maximum Gasteiger partial charge on any atom is 0.416 e. The summed E-state index contributed by atoms with van der Waals surface area (Å²) in [7, 11) is 0. The van der Waals surface area contributed by atoms with Crippen LogP contribution in [0.2, 0.25) is 5.02 Å². The number of nitrogens with two attached hydrogens (primary N) is 1. The normalized spacial score (nSPS) is 11.4. The molecule has 2 aromatic rings. The summed E-state index contributed by atoms with van der Waals surface area (Å²) < 4.78 is 38.1. The molecule has 0 aromatic heterocycles. The predicted octanol–water partition coefficient (Wildman–Crippen LogP) is 4.99. The maximum atomic E-state index is 12.7. The fourth-order valence-corrected chi connectivity index (χ4v) is 2.04. The molecule has 0 atom stereocenters. The molecule has 0 radical (unpaired) electrons. The van der Waals surface area contributed by atoms with Gasteiger partial charge in [0.1, 0.15) is 0 Å². The molecule has 0 spiro atoms. The van der Waals surface area contributed by atoms with Crippen molar-refractivity contribution in [3.63, 3.8) is 0 Å². The Kier molecular flexibility index (Phi) is 3.81. The zero-order valence-corrected chi connectivity index (χ0v) is 11.3. The van der Waals surface area contributed by atoms with Crippen LogP contribution in [0, 0.1) is 6.92 Å². The number of nitrogens with one attached hydrogen (secondary N) is 1. The fourth-order valence-electron chi connectivity index (χ4n) is 1.81. The van der Waals surface area contributed by atoms with Gasteiger partial charge in [-0.25, -0.2) is 0 Å². The average Bonchev–Trinajstić information content (AvgIpc) is 2.31. The number of nitrogen functional groups attached to an aromatic ring is 1. The third-order valence-corrected chi connectivity index (χ3v) is 2.97. The molecule has 0 heterocycles. The van der Waals surface area contributed by atoms with Crippen molar-refractivity contribution >= 4 is 28.7 Å². The number of benzene rings is 2. The van der Waals surface area contributed by atoms with Gasteiger partial charge in [0.2, 0.25) is 0 Å². The van der Waals surface area contributed by atoms with E-state index in [0.717, 1.165) is 17.7 Å². The van der Waals surface area contributed by atoms with Crippen molar-refractivity contribution in [2.45, 2.75) is 13.1 Å². The van der Waals surface area contributed by atoms with Crippen LogP contribution in [-0.2, 0) is 6.18 Å². The van der Waals surface area contributed by atoms with Crippen molar-refractivity contribution in [1.29, 1.82) is 0 Å². The van der Waals surface area contributed by atoms with E-state index in [-0.39, 0.29) is 10.7 Å². The molecule has 0 bridgehead atoms. The van der Waals surface area contributed by atoms with E-state index >= 15 is 0 Å². The zero-order valence-electron chi connectivity index (χ0n) is 10.6. The minimum absolute atomic E-state index is 0.0235. The van der Waals surface area contributed by atoms with Gasteiger partial charge >= 0.3 is 6.18 Å². The molecule has 0 fully saturated rings. The van der Waals surface area contributed by atoms with E-state index in [1.165, 1.54) is 6.07 Å². The molecule has 2 aromatic carbocycles. The van der Waals surface area contributed by atoms with E-state index in [2.05, 4.69) is 5.32 Å². The number of anilines is 3. The Labute approximate surface area is 119 Å². The highest BCUT2D eigenvalue weighted by Gasteiger charge is 2.31. The van der Waals surface area contributed by atoms with Crippen LogP contribution in [0.1, 0.15) is 11.1 Å². The monoisotopic (exact) mass is 300 g/mol. The molecular weight excluding hydrogens is 289 g/mol. The first-order valence-electron chi connectivity index (χ1n) is 5.76. The van der Waals surface area contributed by atoms with Crippen molar-refractivity contribution in [3.05, 3.63) is 52.5 Å². The Morgan fingerprint density at radius 1 is 1.10 bits per heavy atom. The average molecular weight is 301 g/mol. The van der Waals surface area contributed by atoms with Crippen LogP contribution in [-0.4, -0.2) is 0 Å².